The first-order valence-electron chi connectivity index (χ1n) is 6.80. The molecule has 0 spiro atoms. The van der Waals surface area contributed by atoms with Crippen molar-refractivity contribution in [2.24, 2.45) is 5.92 Å². The average Bonchev–Trinajstić information content (AvgIpc) is 2.34. The Morgan fingerprint density at radius 2 is 2.06 bits per heavy atom. The van der Waals surface area contributed by atoms with E-state index in [-0.39, 0.29) is 11.9 Å². The number of carbonyl (C=O) groups excluding carboxylic acids is 1. The lowest BCUT2D eigenvalue weighted by molar-refractivity contribution is -0.122. The summed E-state index contributed by atoms with van der Waals surface area (Å²) in [4.78, 5) is 11.9. The Morgan fingerprint density at radius 1 is 1.33 bits per heavy atom. The minimum atomic E-state index is 0.144. The van der Waals surface area contributed by atoms with Gasteiger partial charge in [-0.1, -0.05) is 36.8 Å². The number of hydrogen-bond acceptors (Lipinski definition) is 2. The third kappa shape index (κ3) is 3.33. The first-order chi connectivity index (χ1) is 8.81. The fourth-order valence-electron chi connectivity index (χ4n) is 2.39. The topological polar surface area (TPSA) is 41.1 Å². The van der Waals surface area contributed by atoms with Crippen molar-refractivity contribution < 1.29 is 4.79 Å². The molecule has 0 bridgehead atoms. The zero-order valence-electron chi connectivity index (χ0n) is 11.0. The lowest BCUT2D eigenvalue weighted by atomic mass is 9.77. The van der Waals surface area contributed by atoms with E-state index in [9.17, 15) is 4.79 Å². The maximum Gasteiger partial charge on any atom is 0.221 e. The van der Waals surface area contributed by atoms with E-state index in [2.05, 4.69) is 22.8 Å². The summed E-state index contributed by atoms with van der Waals surface area (Å²) in [5.41, 5.74) is 1.24. The molecule has 1 atom stereocenters. The number of carbonyl (C=O) groups is 1. The highest BCUT2D eigenvalue weighted by atomic mass is 16.1. The van der Waals surface area contributed by atoms with Crippen molar-refractivity contribution in [3.05, 3.63) is 35.9 Å². The van der Waals surface area contributed by atoms with Crippen LogP contribution in [0.1, 0.15) is 37.3 Å². The standard InChI is InChI=1S/C15H22N2O/c1-16-11-10-14(18)17-15(13-8-5-9-13)12-6-3-2-4-7-12/h2-4,6-7,13,15-16H,5,8-11H2,1H3,(H,17,18). The molecule has 1 fully saturated rings. The van der Waals surface area contributed by atoms with Crippen LogP contribution in [-0.4, -0.2) is 19.5 Å². The van der Waals surface area contributed by atoms with Gasteiger partial charge in [0.05, 0.1) is 6.04 Å². The smallest absolute Gasteiger partial charge is 0.221 e. The molecule has 0 saturated heterocycles. The molecule has 1 aromatic carbocycles. The molecule has 1 unspecified atom stereocenters. The average molecular weight is 246 g/mol. The molecular weight excluding hydrogens is 224 g/mol. The maximum absolute atomic E-state index is 11.9. The second-order valence-electron chi connectivity index (χ2n) is 5.00. The normalized spacial score (nSPS) is 16.9. The summed E-state index contributed by atoms with van der Waals surface area (Å²) in [5, 5.41) is 6.20. The van der Waals surface area contributed by atoms with E-state index in [4.69, 9.17) is 0 Å². The number of hydrogen-bond donors (Lipinski definition) is 2. The van der Waals surface area contributed by atoms with Crippen molar-refractivity contribution in [3.63, 3.8) is 0 Å². The zero-order chi connectivity index (χ0) is 12.8. The molecule has 18 heavy (non-hydrogen) atoms. The molecule has 98 valence electrons. The summed E-state index contributed by atoms with van der Waals surface area (Å²) < 4.78 is 0. The fraction of sp³-hybridized carbons (Fsp3) is 0.533. The Kier molecular flexibility index (Phi) is 4.76. The molecule has 1 aliphatic carbocycles. The Bertz CT molecular complexity index is 373. The maximum atomic E-state index is 11.9. The first kappa shape index (κ1) is 13.1. The third-order valence-electron chi connectivity index (χ3n) is 3.70. The van der Waals surface area contributed by atoms with Crippen LogP contribution in [-0.2, 0) is 4.79 Å². The van der Waals surface area contributed by atoms with Crippen molar-refractivity contribution >= 4 is 5.91 Å². The Labute approximate surface area is 109 Å². The molecule has 1 aliphatic rings. The molecule has 1 saturated carbocycles. The molecule has 1 amide bonds. The molecule has 0 radical (unpaired) electrons. The highest BCUT2D eigenvalue weighted by Gasteiger charge is 2.29. The van der Waals surface area contributed by atoms with Crippen LogP contribution < -0.4 is 10.6 Å². The second kappa shape index (κ2) is 6.55. The summed E-state index contributed by atoms with van der Waals surface area (Å²) in [6, 6.07) is 10.5. The molecule has 3 heteroatoms. The van der Waals surface area contributed by atoms with Crippen molar-refractivity contribution in [3.8, 4) is 0 Å². The number of nitrogens with one attached hydrogen (secondary N) is 2. The molecule has 2 N–H and O–H groups in total. The van der Waals surface area contributed by atoms with Gasteiger partial charge in [-0.15, -0.1) is 0 Å². The molecular formula is C15H22N2O. The van der Waals surface area contributed by atoms with Crippen LogP contribution in [0.15, 0.2) is 30.3 Å². The van der Waals surface area contributed by atoms with Crippen molar-refractivity contribution in [1.29, 1.82) is 0 Å². The minimum Gasteiger partial charge on any atom is -0.349 e. The van der Waals surface area contributed by atoms with Gasteiger partial charge in [0.25, 0.3) is 0 Å². The van der Waals surface area contributed by atoms with Gasteiger partial charge in [0.15, 0.2) is 0 Å². The van der Waals surface area contributed by atoms with Gasteiger partial charge < -0.3 is 10.6 Å². The van der Waals surface area contributed by atoms with Gasteiger partial charge in [-0.3, -0.25) is 4.79 Å². The van der Waals surface area contributed by atoms with Crippen LogP contribution >= 0.6 is 0 Å². The Morgan fingerprint density at radius 3 is 2.61 bits per heavy atom. The molecule has 0 heterocycles. The van der Waals surface area contributed by atoms with E-state index < -0.39 is 0 Å². The SMILES string of the molecule is CNCCC(=O)NC(c1ccccc1)C1CCC1. The zero-order valence-corrected chi connectivity index (χ0v) is 11.0. The number of amides is 1. The molecule has 3 nitrogen and oxygen atoms in total. The summed E-state index contributed by atoms with van der Waals surface area (Å²) in [6.45, 7) is 0.734. The molecule has 2 rings (SSSR count). The monoisotopic (exact) mass is 246 g/mol. The van der Waals surface area contributed by atoms with Gasteiger partial charge in [0.2, 0.25) is 5.91 Å². The largest absolute Gasteiger partial charge is 0.349 e. The van der Waals surface area contributed by atoms with Gasteiger partial charge in [0.1, 0.15) is 0 Å². The Hall–Kier alpha value is -1.35. The second-order valence-corrected chi connectivity index (χ2v) is 5.00. The fourth-order valence-corrected chi connectivity index (χ4v) is 2.39. The van der Waals surface area contributed by atoms with Crippen LogP contribution in [0.4, 0.5) is 0 Å². The van der Waals surface area contributed by atoms with E-state index in [1.54, 1.807) is 0 Å². The van der Waals surface area contributed by atoms with E-state index in [1.165, 1.54) is 24.8 Å². The minimum absolute atomic E-state index is 0.144. The summed E-state index contributed by atoms with van der Waals surface area (Å²) in [5.74, 6) is 0.760. The van der Waals surface area contributed by atoms with Crippen molar-refractivity contribution in [1.82, 2.24) is 10.6 Å². The predicted octanol–water partition coefficient (Wildman–Crippen LogP) is 2.25. The number of benzene rings is 1. The van der Waals surface area contributed by atoms with E-state index in [0.717, 1.165) is 6.54 Å². The van der Waals surface area contributed by atoms with Crippen molar-refractivity contribution in [2.75, 3.05) is 13.6 Å². The quantitative estimate of drug-likeness (QED) is 0.808. The summed E-state index contributed by atoms with van der Waals surface area (Å²) in [6.07, 6.45) is 4.30. The first-order valence-corrected chi connectivity index (χ1v) is 6.80. The summed E-state index contributed by atoms with van der Waals surface area (Å²) >= 11 is 0. The van der Waals surface area contributed by atoms with Crippen molar-refractivity contribution in [2.45, 2.75) is 31.7 Å². The lowest BCUT2D eigenvalue weighted by Gasteiger charge is -2.34. The van der Waals surface area contributed by atoms with Gasteiger partial charge in [-0.25, -0.2) is 0 Å². The Balaban J connectivity index is 1.99. The van der Waals surface area contributed by atoms with Crippen LogP contribution in [0.3, 0.4) is 0 Å². The molecule has 0 aliphatic heterocycles. The molecule has 1 aromatic rings. The summed E-state index contributed by atoms with van der Waals surface area (Å²) in [7, 11) is 1.87. The van der Waals surface area contributed by atoms with Gasteiger partial charge >= 0.3 is 0 Å². The van der Waals surface area contributed by atoms with E-state index in [1.807, 2.05) is 25.2 Å². The number of rotatable bonds is 6. The van der Waals surface area contributed by atoms with E-state index in [0.29, 0.717) is 12.3 Å². The van der Waals surface area contributed by atoms with Crippen LogP contribution in [0.2, 0.25) is 0 Å². The molecule has 0 aromatic heterocycles. The van der Waals surface area contributed by atoms with Gasteiger partial charge in [0, 0.05) is 13.0 Å². The van der Waals surface area contributed by atoms with Crippen LogP contribution in [0.25, 0.3) is 0 Å². The van der Waals surface area contributed by atoms with Crippen LogP contribution in [0, 0.1) is 5.92 Å². The van der Waals surface area contributed by atoms with Gasteiger partial charge in [-0.2, -0.15) is 0 Å². The highest BCUT2D eigenvalue weighted by Crippen LogP contribution is 2.37. The van der Waals surface area contributed by atoms with Gasteiger partial charge in [-0.05, 0) is 31.4 Å². The lowest BCUT2D eigenvalue weighted by Crippen LogP contribution is -2.37. The van der Waals surface area contributed by atoms with Crippen LogP contribution in [0.5, 0.6) is 0 Å². The van der Waals surface area contributed by atoms with E-state index >= 15 is 0 Å². The third-order valence-corrected chi connectivity index (χ3v) is 3.70. The highest BCUT2D eigenvalue weighted by molar-refractivity contribution is 5.76. The predicted molar refractivity (Wildman–Crippen MR) is 73.2 cm³/mol.